The van der Waals surface area contributed by atoms with Crippen LogP contribution >= 0.6 is 11.3 Å². The minimum atomic E-state index is -3.55. The van der Waals surface area contributed by atoms with Gasteiger partial charge in [0.15, 0.2) is 0 Å². The van der Waals surface area contributed by atoms with Crippen LogP contribution in [0.2, 0.25) is 0 Å². The van der Waals surface area contributed by atoms with E-state index in [-0.39, 0.29) is 10.5 Å². The van der Waals surface area contributed by atoms with Crippen molar-refractivity contribution < 1.29 is 8.42 Å². The van der Waals surface area contributed by atoms with Crippen molar-refractivity contribution in [2.75, 3.05) is 14.1 Å². The molecule has 1 aliphatic carbocycles. The fourth-order valence-corrected chi connectivity index (χ4v) is 5.53. The fraction of sp³-hybridized carbons (Fsp3) is 0.333. The van der Waals surface area contributed by atoms with E-state index in [0.29, 0.717) is 16.8 Å². The van der Waals surface area contributed by atoms with E-state index in [0.717, 1.165) is 36.1 Å². The van der Waals surface area contributed by atoms with Crippen LogP contribution in [-0.2, 0) is 22.9 Å². The molecule has 136 valence electrons. The molecule has 8 heteroatoms. The maximum absolute atomic E-state index is 12.7. The van der Waals surface area contributed by atoms with Gasteiger partial charge in [-0.3, -0.25) is 4.79 Å². The Morgan fingerprint density at radius 2 is 1.96 bits per heavy atom. The largest absolute Gasteiger partial charge is 0.306 e. The summed E-state index contributed by atoms with van der Waals surface area (Å²) in [6.45, 7) is 0. The van der Waals surface area contributed by atoms with Crippen LogP contribution in [0.4, 0.5) is 0 Å². The number of aromatic amines is 1. The Balaban J connectivity index is 1.87. The highest BCUT2D eigenvalue weighted by atomic mass is 32.2. The van der Waals surface area contributed by atoms with Crippen LogP contribution in [0.1, 0.15) is 23.3 Å². The lowest BCUT2D eigenvalue weighted by molar-refractivity contribution is 0.521. The highest BCUT2D eigenvalue weighted by Crippen LogP contribution is 2.34. The van der Waals surface area contributed by atoms with Crippen LogP contribution in [0.3, 0.4) is 0 Å². The predicted octanol–water partition coefficient (Wildman–Crippen LogP) is 2.78. The standard InChI is InChI=1S/C18H19N3O3S2/c1-21(2)26(23,24)12-7-5-6-11(10-12)16-19-17(22)15-13-8-3-4-9-14(13)25-18(15)20-16/h5-7,10H,3-4,8-9H2,1-2H3,(H,19,20,22). The normalized spacial score (nSPS) is 14.7. The number of nitrogens with zero attached hydrogens (tertiary/aromatic N) is 2. The molecule has 4 rings (SSSR count). The predicted molar refractivity (Wildman–Crippen MR) is 103 cm³/mol. The summed E-state index contributed by atoms with van der Waals surface area (Å²) in [5.41, 5.74) is 1.57. The van der Waals surface area contributed by atoms with Crippen molar-refractivity contribution in [3.05, 3.63) is 45.1 Å². The molecule has 2 heterocycles. The highest BCUT2D eigenvalue weighted by Gasteiger charge is 2.21. The Kier molecular flexibility index (Phi) is 4.21. The van der Waals surface area contributed by atoms with E-state index in [4.69, 9.17) is 0 Å². The maximum atomic E-state index is 12.7. The van der Waals surface area contributed by atoms with Crippen LogP contribution in [-0.4, -0.2) is 36.8 Å². The molecule has 0 bridgehead atoms. The van der Waals surface area contributed by atoms with Gasteiger partial charge in [-0.1, -0.05) is 12.1 Å². The maximum Gasteiger partial charge on any atom is 0.260 e. The van der Waals surface area contributed by atoms with Gasteiger partial charge in [-0.15, -0.1) is 11.3 Å². The zero-order valence-corrected chi connectivity index (χ0v) is 16.2. The van der Waals surface area contributed by atoms with Crippen LogP contribution in [0, 0.1) is 0 Å². The van der Waals surface area contributed by atoms with Gasteiger partial charge in [0.1, 0.15) is 10.7 Å². The van der Waals surface area contributed by atoms with Crippen molar-refractivity contribution in [3.8, 4) is 11.4 Å². The molecule has 1 aromatic carbocycles. The van der Waals surface area contributed by atoms with E-state index in [9.17, 15) is 13.2 Å². The number of rotatable bonds is 3. The topological polar surface area (TPSA) is 83.1 Å². The van der Waals surface area contributed by atoms with Gasteiger partial charge < -0.3 is 4.98 Å². The van der Waals surface area contributed by atoms with Gasteiger partial charge in [-0.2, -0.15) is 0 Å². The first-order chi connectivity index (χ1) is 12.4. The Labute approximate surface area is 155 Å². The van der Waals surface area contributed by atoms with Gasteiger partial charge in [0.05, 0.1) is 10.3 Å². The number of nitrogens with one attached hydrogen (secondary N) is 1. The third-order valence-electron chi connectivity index (χ3n) is 4.71. The number of hydrogen-bond donors (Lipinski definition) is 1. The summed E-state index contributed by atoms with van der Waals surface area (Å²) in [6.07, 6.45) is 4.18. The van der Waals surface area contributed by atoms with Gasteiger partial charge in [0.2, 0.25) is 10.0 Å². The van der Waals surface area contributed by atoms with Crippen molar-refractivity contribution in [3.63, 3.8) is 0 Å². The molecule has 0 radical (unpaired) electrons. The number of hydrogen-bond acceptors (Lipinski definition) is 5. The molecular weight excluding hydrogens is 370 g/mol. The van der Waals surface area contributed by atoms with Crippen LogP contribution in [0.5, 0.6) is 0 Å². The second-order valence-electron chi connectivity index (χ2n) is 6.62. The first-order valence-electron chi connectivity index (χ1n) is 8.45. The van der Waals surface area contributed by atoms with E-state index in [1.54, 1.807) is 35.6 Å². The third kappa shape index (κ3) is 2.78. The molecule has 1 aliphatic rings. The molecule has 1 N–H and O–H groups in total. The number of sulfonamides is 1. The average molecular weight is 390 g/mol. The summed E-state index contributed by atoms with van der Waals surface area (Å²) in [7, 11) is -0.565. The van der Waals surface area contributed by atoms with Gasteiger partial charge in [-0.05, 0) is 43.4 Å². The molecule has 0 saturated heterocycles. The lowest BCUT2D eigenvalue weighted by atomic mass is 9.97. The molecule has 6 nitrogen and oxygen atoms in total. The van der Waals surface area contributed by atoms with Crippen molar-refractivity contribution in [2.45, 2.75) is 30.6 Å². The number of aryl methyl sites for hydroxylation is 2. The SMILES string of the molecule is CN(C)S(=O)(=O)c1cccc(-c2nc3sc4c(c3c(=O)[nH]2)CCCC4)c1. The van der Waals surface area contributed by atoms with Crippen molar-refractivity contribution in [2.24, 2.45) is 0 Å². The third-order valence-corrected chi connectivity index (χ3v) is 7.71. The summed E-state index contributed by atoms with van der Waals surface area (Å²) in [5, 5.41) is 0.700. The van der Waals surface area contributed by atoms with Gasteiger partial charge in [0.25, 0.3) is 5.56 Å². The van der Waals surface area contributed by atoms with Crippen LogP contribution in [0.15, 0.2) is 34.0 Å². The summed E-state index contributed by atoms with van der Waals surface area (Å²) >= 11 is 1.58. The summed E-state index contributed by atoms with van der Waals surface area (Å²) < 4.78 is 25.9. The number of benzene rings is 1. The van der Waals surface area contributed by atoms with Crippen LogP contribution in [0.25, 0.3) is 21.6 Å². The lowest BCUT2D eigenvalue weighted by Crippen LogP contribution is -2.22. The molecule has 0 aliphatic heterocycles. The van der Waals surface area contributed by atoms with E-state index in [2.05, 4.69) is 9.97 Å². The second kappa shape index (κ2) is 6.29. The lowest BCUT2D eigenvalue weighted by Gasteiger charge is -2.12. The summed E-state index contributed by atoms with van der Waals surface area (Å²) in [4.78, 5) is 22.3. The summed E-state index contributed by atoms with van der Waals surface area (Å²) in [5.74, 6) is 0.400. The second-order valence-corrected chi connectivity index (χ2v) is 9.86. The van der Waals surface area contributed by atoms with Gasteiger partial charge >= 0.3 is 0 Å². The highest BCUT2D eigenvalue weighted by molar-refractivity contribution is 7.89. The molecule has 0 amide bonds. The molecule has 26 heavy (non-hydrogen) atoms. The van der Waals surface area contributed by atoms with Gasteiger partial charge in [0, 0.05) is 24.5 Å². The quantitative estimate of drug-likeness (QED) is 0.747. The summed E-state index contributed by atoms with van der Waals surface area (Å²) in [6, 6.07) is 6.51. The zero-order valence-electron chi connectivity index (χ0n) is 14.6. The van der Waals surface area contributed by atoms with E-state index >= 15 is 0 Å². The van der Waals surface area contributed by atoms with Crippen molar-refractivity contribution >= 4 is 31.6 Å². The van der Waals surface area contributed by atoms with Crippen molar-refractivity contribution in [1.82, 2.24) is 14.3 Å². The Bertz CT molecular complexity index is 1160. The van der Waals surface area contributed by atoms with Gasteiger partial charge in [-0.25, -0.2) is 17.7 Å². The van der Waals surface area contributed by atoms with Crippen LogP contribution < -0.4 is 5.56 Å². The smallest absolute Gasteiger partial charge is 0.260 e. The number of aromatic nitrogens is 2. The Hall–Kier alpha value is -2.03. The molecule has 0 saturated carbocycles. The first-order valence-corrected chi connectivity index (χ1v) is 10.7. The molecule has 0 unspecified atom stereocenters. The Morgan fingerprint density at radius 3 is 2.73 bits per heavy atom. The number of thiophene rings is 1. The molecule has 0 atom stereocenters. The number of fused-ring (bicyclic) bond motifs is 3. The zero-order chi connectivity index (χ0) is 18.5. The molecule has 0 fully saturated rings. The first kappa shape index (κ1) is 17.4. The Morgan fingerprint density at radius 1 is 1.19 bits per heavy atom. The van der Waals surface area contributed by atoms with E-state index in [1.807, 2.05) is 0 Å². The van der Waals surface area contributed by atoms with Crippen molar-refractivity contribution in [1.29, 1.82) is 0 Å². The molecule has 2 aromatic heterocycles. The van der Waals surface area contributed by atoms with E-state index in [1.165, 1.54) is 23.3 Å². The minimum Gasteiger partial charge on any atom is -0.306 e. The monoisotopic (exact) mass is 389 g/mol. The number of H-pyrrole nitrogens is 1. The average Bonchev–Trinajstić information content (AvgIpc) is 3.00. The molecule has 0 spiro atoms. The van der Waals surface area contributed by atoms with E-state index < -0.39 is 10.0 Å². The molecule has 3 aromatic rings. The minimum absolute atomic E-state index is 0.148. The fourth-order valence-electron chi connectivity index (χ4n) is 3.32. The molecular formula is C18H19N3O3S2.